The highest BCUT2D eigenvalue weighted by atomic mass is 19.3. The van der Waals surface area contributed by atoms with Crippen molar-refractivity contribution in [3.63, 3.8) is 0 Å². The summed E-state index contributed by atoms with van der Waals surface area (Å²) in [6.07, 6.45) is -2.60. The van der Waals surface area contributed by atoms with Crippen molar-refractivity contribution in [2.75, 3.05) is 6.61 Å². The van der Waals surface area contributed by atoms with Gasteiger partial charge in [0.25, 0.3) is 6.43 Å². The molecule has 1 aromatic rings. The second kappa shape index (κ2) is 4.45. The Balaban J connectivity index is 2.60. The summed E-state index contributed by atoms with van der Waals surface area (Å²) in [7, 11) is 0. The average molecular weight is 204 g/mol. The number of rotatable bonds is 4. The molecule has 0 bridgehead atoms. The van der Waals surface area contributed by atoms with Crippen LogP contribution in [-0.2, 0) is 0 Å². The highest BCUT2D eigenvalue weighted by molar-refractivity contribution is 5.84. The number of hydrogen-bond donors (Lipinski definition) is 1. The zero-order chi connectivity index (χ0) is 10.6. The molecular formula is C7H6F2N2O3. The van der Waals surface area contributed by atoms with E-state index in [1.165, 1.54) is 6.07 Å². The van der Waals surface area contributed by atoms with E-state index in [1.54, 1.807) is 0 Å². The number of aromatic nitrogens is 2. The number of carboxylic acid groups (broad SMARTS) is 1. The van der Waals surface area contributed by atoms with Crippen LogP contribution in [0.3, 0.4) is 0 Å². The Labute approximate surface area is 77.3 Å². The Bertz CT molecular complexity index is 315. The number of halogens is 2. The van der Waals surface area contributed by atoms with E-state index in [-0.39, 0.29) is 11.6 Å². The summed E-state index contributed by atoms with van der Waals surface area (Å²) in [5.41, 5.74) is -0.269. The summed E-state index contributed by atoms with van der Waals surface area (Å²) < 4.78 is 27.8. The number of ether oxygens (including phenoxy) is 1. The second-order valence-corrected chi connectivity index (χ2v) is 2.26. The van der Waals surface area contributed by atoms with Gasteiger partial charge in [0, 0.05) is 6.07 Å². The molecule has 0 fully saturated rings. The molecular weight excluding hydrogens is 198 g/mol. The summed E-state index contributed by atoms with van der Waals surface area (Å²) >= 11 is 0. The number of carboxylic acids is 1. The fraction of sp³-hybridized carbons (Fsp3) is 0.286. The van der Waals surface area contributed by atoms with Crippen LogP contribution in [0.1, 0.15) is 10.5 Å². The smallest absolute Gasteiger partial charge is 0.356 e. The van der Waals surface area contributed by atoms with Crippen LogP contribution in [0.5, 0.6) is 5.88 Å². The first-order valence-corrected chi connectivity index (χ1v) is 3.57. The molecule has 0 saturated carbocycles. The fourth-order valence-corrected chi connectivity index (χ4v) is 0.659. The molecule has 5 nitrogen and oxygen atoms in total. The maximum atomic E-state index is 11.7. The third kappa shape index (κ3) is 2.92. The van der Waals surface area contributed by atoms with Gasteiger partial charge in [-0.15, -0.1) is 10.2 Å². The van der Waals surface area contributed by atoms with E-state index in [1.807, 2.05) is 0 Å². The molecule has 0 saturated heterocycles. The van der Waals surface area contributed by atoms with E-state index in [9.17, 15) is 13.6 Å². The van der Waals surface area contributed by atoms with Gasteiger partial charge in [-0.1, -0.05) is 0 Å². The number of alkyl halides is 2. The zero-order valence-corrected chi connectivity index (χ0v) is 6.85. The van der Waals surface area contributed by atoms with Crippen LogP contribution in [0.25, 0.3) is 0 Å². The third-order valence-corrected chi connectivity index (χ3v) is 1.22. The number of hydrogen-bond acceptors (Lipinski definition) is 4. The normalized spacial score (nSPS) is 10.2. The predicted molar refractivity (Wildman–Crippen MR) is 40.5 cm³/mol. The van der Waals surface area contributed by atoms with Crippen LogP contribution in [0.15, 0.2) is 12.1 Å². The van der Waals surface area contributed by atoms with Crippen molar-refractivity contribution in [1.82, 2.24) is 10.2 Å². The molecule has 1 heterocycles. The molecule has 0 unspecified atom stereocenters. The lowest BCUT2D eigenvalue weighted by Crippen LogP contribution is -2.09. The van der Waals surface area contributed by atoms with E-state index < -0.39 is 19.0 Å². The molecule has 1 rings (SSSR count). The summed E-state index contributed by atoms with van der Waals surface area (Å²) in [4.78, 5) is 10.3. The van der Waals surface area contributed by atoms with Gasteiger partial charge in [-0.2, -0.15) is 0 Å². The van der Waals surface area contributed by atoms with Gasteiger partial charge in [0.1, 0.15) is 0 Å². The molecule has 14 heavy (non-hydrogen) atoms. The van der Waals surface area contributed by atoms with Crippen molar-refractivity contribution >= 4 is 5.97 Å². The van der Waals surface area contributed by atoms with Gasteiger partial charge >= 0.3 is 5.97 Å². The van der Waals surface area contributed by atoms with Gasteiger partial charge in [0.15, 0.2) is 12.3 Å². The van der Waals surface area contributed by atoms with Crippen LogP contribution < -0.4 is 4.74 Å². The third-order valence-electron chi connectivity index (χ3n) is 1.22. The van der Waals surface area contributed by atoms with Gasteiger partial charge in [0.05, 0.1) is 0 Å². The summed E-state index contributed by atoms with van der Waals surface area (Å²) in [5, 5.41) is 15.0. The molecule has 0 aliphatic rings. The predicted octanol–water partition coefficient (Wildman–Crippen LogP) is 0.819. The van der Waals surface area contributed by atoms with Crippen LogP contribution in [0.4, 0.5) is 8.78 Å². The molecule has 0 aliphatic carbocycles. The summed E-state index contributed by atoms with van der Waals surface area (Å²) in [6.45, 7) is -0.791. The van der Waals surface area contributed by atoms with Gasteiger partial charge in [-0.25, -0.2) is 13.6 Å². The Morgan fingerprint density at radius 1 is 1.50 bits per heavy atom. The largest absolute Gasteiger partial charge is 0.476 e. The van der Waals surface area contributed by atoms with Crippen LogP contribution >= 0.6 is 0 Å². The first-order valence-electron chi connectivity index (χ1n) is 3.57. The summed E-state index contributed by atoms with van der Waals surface area (Å²) in [5.74, 6) is -1.37. The molecule has 0 amide bonds. The van der Waals surface area contributed by atoms with Crippen molar-refractivity contribution in [2.24, 2.45) is 0 Å². The minimum atomic E-state index is -2.60. The Hall–Kier alpha value is -1.79. The first kappa shape index (κ1) is 10.3. The lowest BCUT2D eigenvalue weighted by Gasteiger charge is -2.02. The lowest BCUT2D eigenvalue weighted by molar-refractivity contribution is 0.0684. The van der Waals surface area contributed by atoms with E-state index in [2.05, 4.69) is 14.9 Å². The number of nitrogens with zero attached hydrogens (tertiary/aromatic N) is 2. The van der Waals surface area contributed by atoms with E-state index in [4.69, 9.17) is 5.11 Å². The molecule has 7 heteroatoms. The standard InChI is InChI=1S/C7H6F2N2O3/c8-5(9)3-14-6-2-1-4(7(12)13)10-11-6/h1-2,5H,3H2,(H,12,13). The van der Waals surface area contributed by atoms with Gasteiger partial charge < -0.3 is 9.84 Å². The molecule has 0 aliphatic heterocycles. The van der Waals surface area contributed by atoms with Gasteiger partial charge in [-0.05, 0) is 6.07 Å². The highest BCUT2D eigenvalue weighted by Crippen LogP contribution is 2.06. The Kier molecular flexibility index (Phi) is 3.27. The molecule has 1 N–H and O–H groups in total. The minimum absolute atomic E-state index is 0.129. The van der Waals surface area contributed by atoms with Crippen LogP contribution in [-0.4, -0.2) is 34.3 Å². The molecule has 0 radical (unpaired) electrons. The Morgan fingerprint density at radius 3 is 2.64 bits per heavy atom. The van der Waals surface area contributed by atoms with Crippen LogP contribution in [0, 0.1) is 0 Å². The second-order valence-electron chi connectivity index (χ2n) is 2.26. The highest BCUT2D eigenvalue weighted by Gasteiger charge is 2.07. The fourth-order valence-electron chi connectivity index (χ4n) is 0.659. The van der Waals surface area contributed by atoms with Crippen molar-refractivity contribution in [2.45, 2.75) is 6.43 Å². The molecule has 1 aromatic heterocycles. The molecule has 0 atom stereocenters. The molecule has 0 spiro atoms. The van der Waals surface area contributed by atoms with Crippen molar-refractivity contribution in [3.8, 4) is 5.88 Å². The topological polar surface area (TPSA) is 72.3 Å². The SMILES string of the molecule is O=C(O)c1ccc(OCC(F)F)nn1. The van der Waals surface area contributed by atoms with Crippen LogP contribution in [0.2, 0.25) is 0 Å². The van der Waals surface area contributed by atoms with Crippen molar-refractivity contribution < 1.29 is 23.4 Å². The zero-order valence-electron chi connectivity index (χ0n) is 6.85. The number of carbonyl (C=O) groups is 1. The van der Waals surface area contributed by atoms with Gasteiger partial charge in [-0.3, -0.25) is 0 Å². The summed E-state index contributed by atoms with van der Waals surface area (Å²) in [6, 6.07) is 2.29. The average Bonchev–Trinajstić information content (AvgIpc) is 2.15. The maximum Gasteiger partial charge on any atom is 0.356 e. The van der Waals surface area contributed by atoms with Crippen molar-refractivity contribution in [1.29, 1.82) is 0 Å². The van der Waals surface area contributed by atoms with E-state index >= 15 is 0 Å². The maximum absolute atomic E-state index is 11.7. The first-order chi connectivity index (χ1) is 6.59. The molecule has 0 aromatic carbocycles. The van der Waals surface area contributed by atoms with E-state index in [0.29, 0.717) is 0 Å². The lowest BCUT2D eigenvalue weighted by atomic mass is 10.4. The quantitative estimate of drug-likeness (QED) is 0.785. The van der Waals surface area contributed by atoms with Crippen molar-refractivity contribution in [3.05, 3.63) is 17.8 Å². The van der Waals surface area contributed by atoms with Gasteiger partial charge in [0.2, 0.25) is 5.88 Å². The number of aromatic carboxylic acids is 1. The van der Waals surface area contributed by atoms with E-state index in [0.717, 1.165) is 6.07 Å². The minimum Gasteiger partial charge on any atom is -0.476 e. The monoisotopic (exact) mass is 204 g/mol. The molecule has 76 valence electrons. The Morgan fingerprint density at radius 2 is 2.21 bits per heavy atom.